The van der Waals surface area contributed by atoms with Gasteiger partial charge in [-0.15, -0.1) is 24.0 Å². The highest BCUT2D eigenvalue weighted by molar-refractivity contribution is 14.0. The van der Waals surface area contributed by atoms with Crippen molar-refractivity contribution < 1.29 is 0 Å². The maximum Gasteiger partial charge on any atom is 0.191 e. The van der Waals surface area contributed by atoms with Gasteiger partial charge in [0.05, 0.1) is 5.69 Å². The molecule has 2 N–H and O–H groups in total. The zero-order valence-corrected chi connectivity index (χ0v) is 18.1. The van der Waals surface area contributed by atoms with E-state index in [0.717, 1.165) is 24.6 Å². The monoisotopic (exact) mass is 475 g/mol. The van der Waals surface area contributed by atoms with Crippen molar-refractivity contribution in [3.8, 4) is 5.69 Å². The SMILES string of the molecule is CCc1ccccc1CNC(=NC)NCc1ccc(-n2cccn2)cc1.I. The van der Waals surface area contributed by atoms with Crippen LogP contribution in [0.5, 0.6) is 0 Å². The number of halogens is 1. The number of aliphatic imine (C=N–C) groups is 1. The number of benzene rings is 2. The number of rotatable bonds is 6. The van der Waals surface area contributed by atoms with Crippen molar-refractivity contribution >= 4 is 29.9 Å². The van der Waals surface area contributed by atoms with E-state index < -0.39 is 0 Å². The normalized spacial score (nSPS) is 11.0. The van der Waals surface area contributed by atoms with E-state index in [2.05, 4.69) is 76.2 Å². The lowest BCUT2D eigenvalue weighted by atomic mass is 10.1. The van der Waals surface area contributed by atoms with E-state index in [1.165, 1.54) is 16.7 Å². The molecular formula is C21H26IN5. The first kappa shape index (κ1) is 21.0. The third-order valence-corrected chi connectivity index (χ3v) is 4.33. The average molecular weight is 475 g/mol. The third-order valence-electron chi connectivity index (χ3n) is 4.33. The second-order valence-corrected chi connectivity index (χ2v) is 6.02. The molecule has 0 bridgehead atoms. The molecule has 3 rings (SSSR count). The Morgan fingerprint density at radius 1 is 0.963 bits per heavy atom. The minimum atomic E-state index is 0. The molecule has 0 aliphatic rings. The van der Waals surface area contributed by atoms with Crippen LogP contribution in [0.25, 0.3) is 5.69 Å². The molecule has 0 amide bonds. The van der Waals surface area contributed by atoms with Gasteiger partial charge in [-0.1, -0.05) is 43.3 Å². The second-order valence-electron chi connectivity index (χ2n) is 6.02. The van der Waals surface area contributed by atoms with Crippen molar-refractivity contribution in [1.29, 1.82) is 0 Å². The van der Waals surface area contributed by atoms with Crippen LogP contribution in [0.4, 0.5) is 0 Å². The molecular weight excluding hydrogens is 449 g/mol. The minimum absolute atomic E-state index is 0. The summed E-state index contributed by atoms with van der Waals surface area (Å²) in [7, 11) is 1.79. The maximum atomic E-state index is 4.31. The molecule has 0 saturated heterocycles. The van der Waals surface area contributed by atoms with Gasteiger partial charge in [-0.05, 0) is 41.3 Å². The van der Waals surface area contributed by atoms with Crippen LogP contribution in [0.1, 0.15) is 23.6 Å². The van der Waals surface area contributed by atoms with E-state index in [1.54, 1.807) is 13.2 Å². The smallest absolute Gasteiger partial charge is 0.191 e. The van der Waals surface area contributed by atoms with Crippen molar-refractivity contribution in [2.45, 2.75) is 26.4 Å². The summed E-state index contributed by atoms with van der Waals surface area (Å²) < 4.78 is 1.85. The Hall–Kier alpha value is -2.35. The van der Waals surface area contributed by atoms with Crippen LogP contribution in [-0.4, -0.2) is 22.8 Å². The van der Waals surface area contributed by atoms with Crippen molar-refractivity contribution in [2.24, 2.45) is 4.99 Å². The lowest BCUT2D eigenvalue weighted by molar-refractivity contribution is 0.802. The molecule has 0 unspecified atom stereocenters. The summed E-state index contributed by atoms with van der Waals surface area (Å²) in [5.41, 5.74) is 4.92. The predicted molar refractivity (Wildman–Crippen MR) is 122 cm³/mol. The van der Waals surface area contributed by atoms with Gasteiger partial charge in [0.25, 0.3) is 0 Å². The summed E-state index contributed by atoms with van der Waals surface area (Å²) in [6.45, 7) is 3.66. The Balaban J connectivity index is 0.00000261. The van der Waals surface area contributed by atoms with Crippen LogP contribution in [0.3, 0.4) is 0 Å². The van der Waals surface area contributed by atoms with Crippen molar-refractivity contribution in [3.63, 3.8) is 0 Å². The predicted octanol–water partition coefficient (Wildman–Crippen LogP) is 3.92. The van der Waals surface area contributed by atoms with Gasteiger partial charge in [0, 0.05) is 32.5 Å². The summed E-state index contributed by atoms with van der Waals surface area (Å²) in [5, 5.41) is 11.0. The van der Waals surface area contributed by atoms with E-state index in [0.29, 0.717) is 6.54 Å². The number of nitrogens with one attached hydrogen (secondary N) is 2. The topological polar surface area (TPSA) is 54.2 Å². The fourth-order valence-corrected chi connectivity index (χ4v) is 2.85. The molecule has 1 heterocycles. The molecule has 6 heteroatoms. The van der Waals surface area contributed by atoms with E-state index in [9.17, 15) is 0 Å². The highest BCUT2D eigenvalue weighted by Crippen LogP contribution is 2.10. The molecule has 27 heavy (non-hydrogen) atoms. The number of hydrogen-bond acceptors (Lipinski definition) is 2. The van der Waals surface area contributed by atoms with E-state index in [4.69, 9.17) is 0 Å². The maximum absolute atomic E-state index is 4.31. The zero-order valence-electron chi connectivity index (χ0n) is 15.7. The van der Waals surface area contributed by atoms with Gasteiger partial charge >= 0.3 is 0 Å². The van der Waals surface area contributed by atoms with Gasteiger partial charge in [0.2, 0.25) is 0 Å². The largest absolute Gasteiger partial charge is 0.352 e. The first-order valence-electron chi connectivity index (χ1n) is 8.90. The Bertz CT molecular complexity index is 841. The summed E-state index contributed by atoms with van der Waals surface area (Å²) in [5.74, 6) is 0.798. The molecule has 0 spiro atoms. The lowest BCUT2D eigenvalue weighted by Gasteiger charge is -2.14. The van der Waals surface area contributed by atoms with Crippen LogP contribution in [0, 0.1) is 0 Å². The summed E-state index contributed by atoms with van der Waals surface area (Å²) in [6.07, 6.45) is 4.75. The van der Waals surface area contributed by atoms with Gasteiger partial charge in [0.15, 0.2) is 5.96 Å². The van der Waals surface area contributed by atoms with Gasteiger partial charge in [0.1, 0.15) is 0 Å². The van der Waals surface area contributed by atoms with Crippen LogP contribution < -0.4 is 10.6 Å². The fourth-order valence-electron chi connectivity index (χ4n) is 2.85. The number of aromatic nitrogens is 2. The number of aryl methyl sites for hydroxylation is 1. The van der Waals surface area contributed by atoms with Crippen LogP contribution in [-0.2, 0) is 19.5 Å². The van der Waals surface area contributed by atoms with Crippen LogP contribution in [0.2, 0.25) is 0 Å². The minimum Gasteiger partial charge on any atom is -0.352 e. The first-order chi connectivity index (χ1) is 12.8. The number of nitrogens with zero attached hydrogens (tertiary/aromatic N) is 3. The third kappa shape index (κ3) is 5.82. The molecule has 142 valence electrons. The molecule has 3 aromatic rings. The second kappa shape index (κ2) is 10.7. The molecule has 1 aromatic heterocycles. The molecule has 2 aromatic carbocycles. The Morgan fingerprint density at radius 3 is 2.30 bits per heavy atom. The standard InChI is InChI=1S/C21H25N5.HI/c1-3-18-7-4-5-8-19(18)16-24-21(22-2)23-15-17-9-11-20(12-10-17)26-14-6-13-25-26;/h4-14H,3,15-16H2,1-2H3,(H2,22,23,24);1H. The van der Waals surface area contributed by atoms with Gasteiger partial charge in [-0.2, -0.15) is 5.10 Å². The number of guanidine groups is 1. The van der Waals surface area contributed by atoms with Crippen molar-refractivity contribution in [2.75, 3.05) is 7.05 Å². The Labute approximate surface area is 177 Å². The van der Waals surface area contributed by atoms with Gasteiger partial charge in [-0.25, -0.2) is 4.68 Å². The Morgan fingerprint density at radius 2 is 1.67 bits per heavy atom. The van der Waals surface area contributed by atoms with Crippen molar-refractivity contribution in [1.82, 2.24) is 20.4 Å². The molecule has 0 radical (unpaired) electrons. The molecule has 0 saturated carbocycles. The Kier molecular flexibility index (Phi) is 8.32. The quantitative estimate of drug-likeness (QED) is 0.323. The first-order valence-corrected chi connectivity index (χ1v) is 8.90. The molecule has 5 nitrogen and oxygen atoms in total. The zero-order chi connectivity index (χ0) is 18.2. The highest BCUT2D eigenvalue weighted by Gasteiger charge is 2.03. The summed E-state index contributed by atoms with van der Waals surface area (Å²) in [4.78, 5) is 4.31. The molecule has 0 aliphatic carbocycles. The highest BCUT2D eigenvalue weighted by atomic mass is 127. The molecule has 0 aliphatic heterocycles. The number of hydrogen-bond donors (Lipinski definition) is 2. The van der Waals surface area contributed by atoms with Gasteiger partial charge in [-0.3, -0.25) is 4.99 Å². The fraction of sp³-hybridized carbons (Fsp3) is 0.238. The van der Waals surface area contributed by atoms with E-state index >= 15 is 0 Å². The van der Waals surface area contributed by atoms with Crippen LogP contribution >= 0.6 is 24.0 Å². The molecule has 0 fully saturated rings. The van der Waals surface area contributed by atoms with Gasteiger partial charge < -0.3 is 10.6 Å². The lowest BCUT2D eigenvalue weighted by Crippen LogP contribution is -2.36. The molecule has 0 atom stereocenters. The van der Waals surface area contributed by atoms with Crippen LogP contribution in [0.15, 0.2) is 72.0 Å². The average Bonchev–Trinajstić information content (AvgIpc) is 3.23. The van der Waals surface area contributed by atoms with E-state index in [1.807, 2.05) is 16.9 Å². The summed E-state index contributed by atoms with van der Waals surface area (Å²) in [6, 6.07) is 18.8. The summed E-state index contributed by atoms with van der Waals surface area (Å²) >= 11 is 0. The van der Waals surface area contributed by atoms with E-state index in [-0.39, 0.29) is 24.0 Å². The van der Waals surface area contributed by atoms with Crippen molar-refractivity contribution in [3.05, 3.63) is 83.7 Å².